The molecular formula is C46H31NO. The molecule has 0 aliphatic heterocycles. The Morgan fingerprint density at radius 1 is 0.354 bits per heavy atom. The standard InChI is InChI=1S/C46H31NO/c1-2-12-34(13-3-1)41-28-24-37(30-43(41)46-31-38-16-7-9-20-45(38)48-46)33-21-25-39(26-22-33)47(40-27-23-32-11-4-5-15-36(32)29-40)44-19-10-17-35-14-6-8-18-42(35)44/h1-31H. The minimum absolute atomic E-state index is 0.868. The third-order valence-electron chi connectivity index (χ3n) is 9.25. The van der Waals surface area contributed by atoms with Crippen molar-refractivity contribution in [3.63, 3.8) is 0 Å². The molecule has 1 aromatic heterocycles. The van der Waals surface area contributed by atoms with Gasteiger partial charge in [0.15, 0.2) is 0 Å². The molecule has 1 heterocycles. The van der Waals surface area contributed by atoms with E-state index < -0.39 is 0 Å². The smallest absolute Gasteiger partial charge is 0.136 e. The van der Waals surface area contributed by atoms with Gasteiger partial charge in [-0.2, -0.15) is 0 Å². The van der Waals surface area contributed by atoms with Gasteiger partial charge >= 0.3 is 0 Å². The first-order valence-electron chi connectivity index (χ1n) is 16.3. The van der Waals surface area contributed by atoms with Gasteiger partial charge in [-0.05, 0) is 86.9 Å². The lowest BCUT2D eigenvalue weighted by atomic mass is 9.93. The van der Waals surface area contributed by atoms with Crippen molar-refractivity contribution < 1.29 is 4.42 Å². The molecule has 226 valence electrons. The predicted molar refractivity (Wildman–Crippen MR) is 202 cm³/mol. The van der Waals surface area contributed by atoms with Crippen molar-refractivity contribution in [3.8, 4) is 33.6 Å². The summed E-state index contributed by atoms with van der Waals surface area (Å²) in [6.07, 6.45) is 0. The average Bonchev–Trinajstić information content (AvgIpc) is 3.60. The molecule has 9 rings (SSSR count). The Morgan fingerprint density at radius 2 is 1.02 bits per heavy atom. The Balaban J connectivity index is 1.17. The van der Waals surface area contributed by atoms with Crippen LogP contribution in [0.15, 0.2) is 192 Å². The second-order valence-corrected chi connectivity index (χ2v) is 12.2. The van der Waals surface area contributed by atoms with Gasteiger partial charge in [-0.15, -0.1) is 0 Å². The number of furan rings is 1. The van der Waals surface area contributed by atoms with Crippen molar-refractivity contribution in [2.45, 2.75) is 0 Å². The fraction of sp³-hybridized carbons (Fsp3) is 0. The van der Waals surface area contributed by atoms with Crippen molar-refractivity contribution >= 4 is 49.6 Å². The minimum Gasteiger partial charge on any atom is -0.456 e. The lowest BCUT2D eigenvalue weighted by Crippen LogP contribution is -2.10. The van der Waals surface area contributed by atoms with Gasteiger partial charge in [-0.1, -0.05) is 140 Å². The highest BCUT2D eigenvalue weighted by molar-refractivity contribution is 6.00. The molecule has 0 fully saturated rings. The van der Waals surface area contributed by atoms with Crippen LogP contribution in [0.5, 0.6) is 0 Å². The summed E-state index contributed by atoms with van der Waals surface area (Å²) in [6, 6.07) is 66.9. The highest BCUT2D eigenvalue weighted by atomic mass is 16.3. The maximum atomic E-state index is 6.41. The van der Waals surface area contributed by atoms with Crippen LogP contribution >= 0.6 is 0 Å². The molecule has 9 aromatic rings. The molecule has 2 heteroatoms. The second-order valence-electron chi connectivity index (χ2n) is 12.2. The molecular weight excluding hydrogens is 583 g/mol. The zero-order chi connectivity index (χ0) is 31.9. The van der Waals surface area contributed by atoms with Crippen molar-refractivity contribution in [2.24, 2.45) is 0 Å². The molecule has 0 radical (unpaired) electrons. The molecule has 0 saturated heterocycles. The van der Waals surface area contributed by atoms with Crippen LogP contribution in [0.2, 0.25) is 0 Å². The molecule has 8 aromatic carbocycles. The van der Waals surface area contributed by atoms with Crippen LogP contribution < -0.4 is 4.90 Å². The number of fused-ring (bicyclic) bond motifs is 3. The summed E-state index contributed by atoms with van der Waals surface area (Å²) in [5.74, 6) is 0.868. The number of rotatable bonds is 6. The number of anilines is 3. The van der Waals surface area contributed by atoms with Crippen molar-refractivity contribution in [1.29, 1.82) is 0 Å². The van der Waals surface area contributed by atoms with Gasteiger partial charge in [0, 0.05) is 27.7 Å². The summed E-state index contributed by atoms with van der Waals surface area (Å²) < 4.78 is 6.41. The molecule has 0 spiro atoms. The second kappa shape index (κ2) is 11.8. The van der Waals surface area contributed by atoms with E-state index >= 15 is 0 Å². The lowest BCUT2D eigenvalue weighted by molar-refractivity contribution is 0.632. The molecule has 2 nitrogen and oxygen atoms in total. The summed E-state index contributed by atoms with van der Waals surface area (Å²) >= 11 is 0. The first-order valence-corrected chi connectivity index (χ1v) is 16.3. The van der Waals surface area contributed by atoms with E-state index in [1.165, 1.54) is 21.5 Å². The topological polar surface area (TPSA) is 16.4 Å². The monoisotopic (exact) mass is 613 g/mol. The quantitative estimate of drug-likeness (QED) is 0.185. The van der Waals surface area contributed by atoms with E-state index in [9.17, 15) is 0 Å². The van der Waals surface area contributed by atoms with E-state index in [0.29, 0.717) is 0 Å². The number of benzene rings is 8. The summed E-state index contributed by atoms with van der Waals surface area (Å²) in [7, 11) is 0. The first-order chi connectivity index (χ1) is 23.8. The lowest BCUT2D eigenvalue weighted by Gasteiger charge is -2.27. The third kappa shape index (κ3) is 5.01. The summed E-state index contributed by atoms with van der Waals surface area (Å²) in [4.78, 5) is 2.37. The van der Waals surface area contributed by atoms with E-state index in [1.807, 2.05) is 12.1 Å². The Kier molecular flexibility index (Phi) is 6.84. The van der Waals surface area contributed by atoms with Gasteiger partial charge in [0.25, 0.3) is 0 Å². The van der Waals surface area contributed by atoms with Gasteiger partial charge in [-0.3, -0.25) is 0 Å². The molecule has 0 atom stereocenters. The Hall–Kier alpha value is -6.38. The third-order valence-corrected chi connectivity index (χ3v) is 9.25. The fourth-order valence-electron chi connectivity index (χ4n) is 6.86. The van der Waals surface area contributed by atoms with Crippen LogP contribution in [0.25, 0.3) is 66.1 Å². The molecule has 0 N–H and O–H groups in total. The van der Waals surface area contributed by atoms with E-state index in [1.54, 1.807) is 0 Å². The molecule has 0 bridgehead atoms. The molecule has 0 amide bonds. The highest BCUT2D eigenvalue weighted by Gasteiger charge is 2.17. The Bertz CT molecular complexity index is 2520. The number of hydrogen-bond acceptors (Lipinski definition) is 2. The van der Waals surface area contributed by atoms with E-state index in [4.69, 9.17) is 4.42 Å². The van der Waals surface area contributed by atoms with Crippen LogP contribution in [0.1, 0.15) is 0 Å². The Labute approximate surface area is 279 Å². The summed E-state index contributed by atoms with van der Waals surface area (Å²) in [5, 5.41) is 5.98. The number of nitrogens with zero attached hydrogens (tertiary/aromatic N) is 1. The van der Waals surface area contributed by atoms with Gasteiger partial charge in [0.2, 0.25) is 0 Å². The SMILES string of the molecule is c1ccc(-c2ccc(-c3ccc(N(c4ccc5ccccc5c4)c4cccc5ccccc45)cc3)cc2-c2cc3ccccc3o2)cc1. The van der Waals surface area contributed by atoms with E-state index in [2.05, 4.69) is 181 Å². The molecule has 0 aliphatic carbocycles. The summed E-state index contributed by atoms with van der Waals surface area (Å²) in [5.41, 5.74) is 9.93. The first kappa shape index (κ1) is 27.9. The van der Waals surface area contributed by atoms with Crippen molar-refractivity contribution in [2.75, 3.05) is 4.90 Å². The maximum Gasteiger partial charge on any atom is 0.136 e. The largest absolute Gasteiger partial charge is 0.456 e. The molecule has 0 aliphatic rings. The van der Waals surface area contributed by atoms with Gasteiger partial charge in [-0.25, -0.2) is 0 Å². The zero-order valence-electron chi connectivity index (χ0n) is 26.3. The normalized spacial score (nSPS) is 11.3. The van der Waals surface area contributed by atoms with Crippen LogP contribution in [-0.4, -0.2) is 0 Å². The van der Waals surface area contributed by atoms with Crippen LogP contribution in [0.4, 0.5) is 17.1 Å². The van der Waals surface area contributed by atoms with Crippen molar-refractivity contribution in [3.05, 3.63) is 188 Å². The fourth-order valence-corrected chi connectivity index (χ4v) is 6.86. The van der Waals surface area contributed by atoms with E-state index in [0.717, 1.165) is 61.6 Å². The number of para-hydroxylation sites is 1. The number of hydrogen-bond donors (Lipinski definition) is 0. The molecule has 0 unspecified atom stereocenters. The molecule has 48 heavy (non-hydrogen) atoms. The maximum absolute atomic E-state index is 6.41. The van der Waals surface area contributed by atoms with Gasteiger partial charge in [0.05, 0.1) is 5.69 Å². The van der Waals surface area contributed by atoms with Gasteiger partial charge in [0.1, 0.15) is 11.3 Å². The minimum atomic E-state index is 0.868. The van der Waals surface area contributed by atoms with Crippen LogP contribution in [0, 0.1) is 0 Å². The van der Waals surface area contributed by atoms with Crippen molar-refractivity contribution in [1.82, 2.24) is 0 Å². The highest BCUT2D eigenvalue weighted by Crippen LogP contribution is 2.42. The molecule has 0 saturated carbocycles. The predicted octanol–water partition coefficient (Wildman–Crippen LogP) is 13.2. The average molecular weight is 614 g/mol. The Morgan fingerprint density at radius 3 is 1.85 bits per heavy atom. The van der Waals surface area contributed by atoms with Gasteiger partial charge < -0.3 is 9.32 Å². The summed E-state index contributed by atoms with van der Waals surface area (Å²) in [6.45, 7) is 0. The van der Waals surface area contributed by atoms with Crippen LogP contribution in [-0.2, 0) is 0 Å². The zero-order valence-corrected chi connectivity index (χ0v) is 26.3. The van der Waals surface area contributed by atoms with E-state index in [-0.39, 0.29) is 0 Å². The van der Waals surface area contributed by atoms with Crippen LogP contribution in [0.3, 0.4) is 0 Å².